The molecule has 0 aliphatic carbocycles. The Labute approximate surface area is 97.8 Å². The lowest BCUT2D eigenvalue weighted by Crippen LogP contribution is -2.23. The van der Waals surface area contributed by atoms with E-state index in [1.165, 1.54) is 5.56 Å². The minimum atomic E-state index is 0.109. The van der Waals surface area contributed by atoms with Gasteiger partial charge in [-0.05, 0) is 30.7 Å². The first kappa shape index (κ1) is 13.0. The van der Waals surface area contributed by atoms with Crippen LogP contribution in [0.3, 0.4) is 0 Å². The Morgan fingerprint density at radius 1 is 1.19 bits per heavy atom. The summed E-state index contributed by atoms with van der Waals surface area (Å²) in [6.45, 7) is 4.02. The highest BCUT2D eigenvalue weighted by Gasteiger charge is 2.09. The van der Waals surface area contributed by atoms with E-state index in [2.05, 4.69) is 12.2 Å². The summed E-state index contributed by atoms with van der Waals surface area (Å²) in [6.07, 6.45) is 1.25. The molecule has 3 heteroatoms. The molecule has 0 saturated carbocycles. The molecule has 0 bridgehead atoms. The van der Waals surface area contributed by atoms with Crippen LogP contribution >= 0.6 is 0 Å². The number of rotatable bonds is 7. The van der Waals surface area contributed by atoms with Crippen LogP contribution < -0.4 is 10.1 Å². The molecule has 0 spiro atoms. The minimum absolute atomic E-state index is 0.109. The molecule has 0 aliphatic rings. The second-order valence-corrected chi connectivity index (χ2v) is 3.70. The van der Waals surface area contributed by atoms with Crippen molar-refractivity contribution in [2.75, 3.05) is 27.3 Å². The van der Waals surface area contributed by atoms with Gasteiger partial charge < -0.3 is 14.8 Å². The average molecular weight is 223 g/mol. The molecule has 1 rings (SSSR count). The van der Waals surface area contributed by atoms with Crippen LogP contribution in [0.25, 0.3) is 0 Å². The van der Waals surface area contributed by atoms with E-state index in [9.17, 15) is 0 Å². The maximum absolute atomic E-state index is 5.45. The van der Waals surface area contributed by atoms with Crippen molar-refractivity contribution in [2.45, 2.75) is 19.4 Å². The third-order valence-electron chi connectivity index (χ3n) is 2.53. The second-order valence-electron chi connectivity index (χ2n) is 3.70. The first-order valence-electron chi connectivity index (χ1n) is 5.69. The number of ether oxygens (including phenoxy) is 2. The molecule has 1 atom stereocenters. The quantitative estimate of drug-likeness (QED) is 0.720. The second kappa shape index (κ2) is 7.25. The van der Waals surface area contributed by atoms with Crippen LogP contribution in [-0.2, 0) is 4.74 Å². The van der Waals surface area contributed by atoms with Gasteiger partial charge in [0.15, 0.2) is 0 Å². The van der Waals surface area contributed by atoms with E-state index in [1.807, 2.05) is 24.3 Å². The van der Waals surface area contributed by atoms with Crippen molar-refractivity contribution in [3.8, 4) is 5.75 Å². The molecule has 0 heterocycles. The number of hydrogen-bond donors (Lipinski definition) is 1. The van der Waals surface area contributed by atoms with Crippen molar-refractivity contribution in [3.05, 3.63) is 29.8 Å². The largest absolute Gasteiger partial charge is 0.497 e. The van der Waals surface area contributed by atoms with E-state index in [4.69, 9.17) is 9.47 Å². The minimum Gasteiger partial charge on any atom is -0.497 e. The molecule has 0 fully saturated rings. The van der Waals surface area contributed by atoms with Gasteiger partial charge in [0.25, 0.3) is 0 Å². The zero-order chi connectivity index (χ0) is 11.8. The van der Waals surface area contributed by atoms with E-state index in [0.717, 1.165) is 25.3 Å². The lowest BCUT2D eigenvalue weighted by Gasteiger charge is -2.16. The molecule has 16 heavy (non-hydrogen) atoms. The Kier molecular flexibility index (Phi) is 5.90. The molecular weight excluding hydrogens is 202 g/mol. The Morgan fingerprint density at radius 3 is 2.38 bits per heavy atom. The normalized spacial score (nSPS) is 12.4. The van der Waals surface area contributed by atoms with Crippen LogP contribution in [0.2, 0.25) is 0 Å². The monoisotopic (exact) mass is 223 g/mol. The Morgan fingerprint density at radius 2 is 1.88 bits per heavy atom. The summed E-state index contributed by atoms with van der Waals surface area (Å²) in [4.78, 5) is 0. The number of benzene rings is 1. The molecule has 1 aromatic rings. The van der Waals surface area contributed by atoms with Crippen molar-refractivity contribution >= 4 is 0 Å². The van der Waals surface area contributed by atoms with Gasteiger partial charge in [0.2, 0.25) is 0 Å². The molecule has 0 saturated heterocycles. The van der Waals surface area contributed by atoms with Crippen LogP contribution in [-0.4, -0.2) is 27.3 Å². The third-order valence-corrected chi connectivity index (χ3v) is 2.53. The van der Waals surface area contributed by atoms with Crippen LogP contribution in [0.4, 0.5) is 0 Å². The predicted octanol–water partition coefficient (Wildman–Crippen LogP) is 2.38. The molecule has 0 radical (unpaired) electrons. The van der Waals surface area contributed by atoms with Gasteiger partial charge in [-0.2, -0.15) is 0 Å². The van der Waals surface area contributed by atoms with Crippen molar-refractivity contribution in [1.82, 2.24) is 5.32 Å². The highest BCUT2D eigenvalue weighted by Crippen LogP contribution is 2.19. The molecular formula is C13H21NO2. The Bertz CT molecular complexity index is 284. The van der Waals surface area contributed by atoms with Crippen molar-refractivity contribution in [2.24, 2.45) is 0 Å². The first-order chi connectivity index (χ1) is 7.81. The van der Waals surface area contributed by atoms with Crippen LogP contribution in [0.5, 0.6) is 5.75 Å². The van der Waals surface area contributed by atoms with Gasteiger partial charge in [-0.1, -0.05) is 19.1 Å². The van der Waals surface area contributed by atoms with Gasteiger partial charge in [0.05, 0.1) is 13.2 Å². The Hall–Kier alpha value is -1.06. The average Bonchev–Trinajstić information content (AvgIpc) is 2.35. The van der Waals surface area contributed by atoms with Crippen LogP contribution in [0.1, 0.15) is 25.0 Å². The van der Waals surface area contributed by atoms with Gasteiger partial charge in [-0.15, -0.1) is 0 Å². The molecule has 90 valence electrons. The number of hydrogen-bond acceptors (Lipinski definition) is 3. The van der Waals surface area contributed by atoms with Crippen molar-refractivity contribution in [3.63, 3.8) is 0 Å². The molecule has 1 aromatic carbocycles. The fraction of sp³-hybridized carbons (Fsp3) is 0.538. The van der Waals surface area contributed by atoms with Gasteiger partial charge in [0, 0.05) is 13.7 Å². The van der Waals surface area contributed by atoms with Gasteiger partial charge >= 0.3 is 0 Å². The maximum Gasteiger partial charge on any atom is 0.118 e. The van der Waals surface area contributed by atoms with Gasteiger partial charge in [0.1, 0.15) is 5.75 Å². The van der Waals surface area contributed by atoms with E-state index < -0.39 is 0 Å². The highest BCUT2D eigenvalue weighted by atomic mass is 16.5. The van der Waals surface area contributed by atoms with Gasteiger partial charge in [-0.3, -0.25) is 0 Å². The smallest absolute Gasteiger partial charge is 0.118 e. The summed E-state index contributed by atoms with van der Waals surface area (Å²) >= 11 is 0. The van der Waals surface area contributed by atoms with E-state index in [-0.39, 0.29) is 6.10 Å². The summed E-state index contributed by atoms with van der Waals surface area (Å²) in [5.41, 5.74) is 1.17. The molecule has 3 nitrogen and oxygen atoms in total. The van der Waals surface area contributed by atoms with E-state index >= 15 is 0 Å². The van der Waals surface area contributed by atoms with Crippen LogP contribution in [0, 0.1) is 0 Å². The standard InChI is InChI=1S/C13H21NO2/c1-4-9-14-10-13(16-3)11-5-7-12(15-2)8-6-11/h5-8,13-14H,4,9-10H2,1-3H3. The zero-order valence-corrected chi connectivity index (χ0v) is 10.3. The summed E-state index contributed by atoms with van der Waals surface area (Å²) in [6, 6.07) is 8.00. The lowest BCUT2D eigenvalue weighted by molar-refractivity contribution is 0.102. The third kappa shape index (κ3) is 3.83. The van der Waals surface area contributed by atoms with E-state index in [0.29, 0.717) is 0 Å². The molecule has 0 aliphatic heterocycles. The lowest BCUT2D eigenvalue weighted by atomic mass is 10.1. The molecule has 1 unspecified atom stereocenters. The summed E-state index contributed by atoms with van der Waals surface area (Å²) in [5, 5.41) is 3.36. The first-order valence-corrected chi connectivity index (χ1v) is 5.69. The van der Waals surface area contributed by atoms with Crippen molar-refractivity contribution < 1.29 is 9.47 Å². The Balaban J connectivity index is 2.56. The molecule has 0 amide bonds. The summed E-state index contributed by atoms with van der Waals surface area (Å²) in [5.74, 6) is 0.875. The predicted molar refractivity (Wildman–Crippen MR) is 65.9 cm³/mol. The highest BCUT2D eigenvalue weighted by molar-refractivity contribution is 5.28. The summed E-state index contributed by atoms with van der Waals surface area (Å²) < 4.78 is 10.6. The fourth-order valence-corrected chi connectivity index (χ4v) is 1.57. The maximum atomic E-state index is 5.45. The van der Waals surface area contributed by atoms with Gasteiger partial charge in [-0.25, -0.2) is 0 Å². The topological polar surface area (TPSA) is 30.5 Å². The number of nitrogens with one attached hydrogen (secondary N) is 1. The molecule has 1 N–H and O–H groups in total. The van der Waals surface area contributed by atoms with Crippen molar-refractivity contribution in [1.29, 1.82) is 0 Å². The van der Waals surface area contributed by atoms with E-state index in [1.54, 1.807) is 14.2 Å². The SMILES string of the molecule is CCCNCC(OC)c1ccc(OC)cc1. The zero-order valence-electron chi connectivity index (χ0n) is 10.3. The summed E-state index contributed by atoms with van der Waals surface area (Å²) in [7, 11) is 3.41. The fourth-order valence-electron chi connectivity index (χ4n) is 1.57. The number of methoxy groups -OCH3 is 2. The molecule has 0 aromatic heterocycles. The van der Waals surface area contributed by atoms with Crippen LogP contribution in [0.15, 0.2) is 24.3 Å².